The number of aliphatic imine (C=N–C) groups is 1. The van der Waals surface area contributed by atoms with Crippen molar-refractivity contribution in [2.24, 2.45) is 10.9 Å². The van der Waals surface area contributed by atoms with Crippen molar-refractivity contribution in [3.8, 4) is 11.5 Å². The summed E-state index contributed by atoms with van der Waals surface area (Å²) in [5.41, 5.74) is 1.17. The van der Waals surface area contributed by atoms with E-state index in [4.69, 9.17) is 14.2 Å². The van der Waals surface area contributed by atoms with Gasteiger partial charge in [-0.15, -0.1) is 0 Å². The van der Waals surface area contributed by atoms with E-state index in [0.717, 1.165) is 39.1 Å². The van der Waals surface area contributed by atoms with Crippen LogP contribution in [0.2, 0.25) is 0 Å². The van der Waals surface area contributed by atoms with E-state index in [1.807, 2.05) is 12.1 Å². The van der Waals surface area contributed by atoms with Crippen LogP contribution in [0.1, 0.15) is 31.9 Å². The SMILES string of the molecule is CCCN1CCN(CC2=NC(=O)NC(c3cccc(OC)c3OC)C2C(=O)OCC)CC1. The van der Waals surface area contributed by atoms with E-state index in [0.29, 0.717) is 29.3 Å². The summed E-state index contributed by atoms with van der Waals surface area (Å²) in [4.78, 5) is 34.5. The fourth-order valence-electron chi connectivity index (χ4n) is 4.41. The minimum absolute atomic E-state index is 0.244. The molecule has 1 aromatic carbocycles. The lowest BCUT2D eigenvalue weighted by Gasteiger charge is -2.37. The number of rotatable bonds is 9. The van der Waals surface area contributed by atoms with E-state index >= 15 is 0 Å². The van der Waals surface area contributed by atoms with Gasteiger partial charge in [-0.05, 0) is 26.0 Å². The lowest BCUT2D eigenvalue weighted by molar-refractivity contribution is -0.146. The molecule has 0 aliphatic carbocycles. The number of esters is 1. The summed E-state index contributed by atoms with van der Waals surface area (Å²) in [5.74, 6) is -0.157. The van der Waals surface area contributed by atoms with Gasteiger partial charge in [0, 0.05) is 38.3 Å². The summed E-state index contributed by atoms with van der Waals surface area (Å²) in [7, 11) is 3.09. The van der Waals surface area contributed by atoms with Crippen LogP contribution in [0.3, 0.4) is 0 Å². The molecule has 9 heteroatoms. The second-order valence-electron chi connectivity index (χ2n) is 7.96. The number of urea groups is 1. The van der Waals surface area contributed by atoms with Gasteiger partial charge in [-0.1, -0.05) is 19.1 Å². The molecule has 32 heavy (non-hydrogen) atoms. The first-order chi connectivity index (χ1) is 15.5. The van der Waals surface area contributed by atoms with Gasteiger partial charge in [-0.3, -0.25) is 9.69 Å². The van der Waals surface area contributed by atoms with E-state index in [1.165, 1.54) is 7.11 Å². The number of amides is 2. The summed E-state index contributed by atoms with van der Waals surface area (Å²) in [6, 6.07) is 4.27. The van der Waals surface area contributed by atoms with Crippen molar-refractivity contribution < 1.29 is 23.8 Å². The molecular formula is C23H34N4O5. The van der Waals surface area contributed by atoms with E-state index in [9.17, 15) is 9.59 Å². The van der Waals surface area contributed by atoms with Crippen molar-refractivity contribution >= 4 is 17.7 Å². The van der Waals surface area contributed by atoms with Crippen LogP contribution >= 0.6 is 0 Å². The third-order valence-corrected chi connectivity index (χ3v) is 5.92. The maximum atomic E-state index is 13.1. The van der Waals surface area contributed by atoms with Crippen LogP contribution in [0.5, 0.6) is 11.5 Å². The van der Waals surface area contributed by atoms with Crippen molar-refractivity contribution in [2.75, 3.05) is 60.1 Å². The maximum absolute atomic E-state index is 13.1. The normalized spacial score (nSPS) is 22.1. The molecule has 176 valence electrons. The largest absolute Gasteiger partial charge is 0.493 e. The topological polar surface area (TPSA) is 92.7 Å². The van der Waals surface area contributed by atoms with E-state index in [2.05, 4.69) is 27.0 Å². The first-order valence-electron chi connectivity index (χ1n) is 11.2. The highest BCUT2D eigenvalue weighted by Crippen LogP contribution is 2.39. The van der Waals surface area contributed by atoms with Crippen LogP contribution in [0.4, 0.5) is 4.79 Å². The zero-order valence-corrected chi connectivity index (χ0v) is 19.4. The third-order valence-electron chi connectivity index (χ3n) is 5.92. The Morgan fingerprint density at radius 2 is 1.84 bits per heavy atom. The number of hydrogen-bond acceptors (Lipinski definition) is 7. The molecule has 0 aromatic heterocycles. The Morgan fingerprint density at radius 3 is 2.47 bits per heavy atom. The molecule has 2 aliphatic heterocycles. The zero-order chi connectivity index (χ0) is 23.1. The summed E-state index contributed by atoms with van der Waals surface area (Å²) in [5, 5.41) is 2.85. The number of methoxy groups -OCH3 is 2. The number of nitrogens with zero attached hydrogens (tertiary/aromatic N) is 3. The standard InChI is InChI=1S/C23H34N4O5/c1-5-10-26-11-13-27(14-12-26)15-17-19(22(28)32-6-2)20(25-23(29)24-17)16-8-7-9-18(30-3)21(16)31-4/h7-9,19-20H,5-6,10-15H2,1-4H3,(H,25,29). The summed E-state index contributed by atoms with van der Waals surface area (Å²) >= 11 is 0. The highest BCUT2D eigenvalue weighted by molar-refractivity contribution is 6.10. The molecule has 2 atom stereocenters. The lowest BCUT2D eigenvalue weighted by atomic mass is 9.86. The van der Waals surface area contributed by atoms with Crippen LogP contribution in [0.25, 0.3) is 0 Å². The molecule has 2 unspecified atom stereocenters. The van der Waals surface area contributed by atoms with Gasteiger partial charge < -0.3 is 24.4 Å². The van der Waals surface area contributed by atoms with Crippen molar-refractivity contribution in [3.05, 3.63) is 23.8 Å². The number of carbonyl (C=O) groups is 2. The Labute approximate surface area is 189 Å². The van der Waals surface area contributed by atoms with Crippen LogP contribution in [0.15, 0.2) is 23.2 Å². The second-order valence-corrected chi connectivity index (χ2v) is 7.96. The maximum Gasteiger partial charge on any atom is 0.341 e. The summed E-state index contributed by atoms with van der Waals surface area (Å²) < 4.78 is 16.4. The Balaban J connectivity index is 1.90. The van der Waals surface area contributed by atoms with Gasteiger partial charge in [0.25, 0.3) is 0 Å². The Hall–Kier alpha value is -2.65. The van der Waals surface area contributed by atoms with Gasteiger partial charge >= 0.3 is 12.0 Å². The molecule has 1 N–H and O–H groups in total. The minimum atomic E-state index is -0.748. The number of hydrogen-bond donors (Lipinski definition) is 1. The van der Waals surface area contributed by atoms with Gasteiger partial charge in [0.2, 0.25) is 0 Å². The van der Waals surface area contributed by atoms with Crippen molar-refractivity contribution in [1.29, 1.82) is 0 Å². The van der Waals surface area contributed by atoms with Crippen LogP contribution in [-0.2, 0) is 9.53 Å². The van der Waals surface area contributed by atoms with Crippen LogP contribution in [0, 0.1) is 5.92 Å². The molecule has 9 nitrogen and oxygen atoms in total. The number of nitrogens with one attached hydrogen (secondary N) is 1. The molecule has 1 aromatic rings. The molecular weight excluding hydrogens is 412 g/mol. The zero-order valence-electron chi connectivity index (χ0n) is 19.4. The molecule has 3 rings (SSSR count). The number of benzene rings is 1. The van der Waals surface area contributed by atoms with Gasteiger partial charge in [0.15, 0.2) is 11.5 Å². The van der Waals surface area contributed by atoms with Crippen LogP contribution < -0.4 is 14.8 Å². The Bertz CT molecular complexity index is 836. The van der Waals surface area contributed by atoms with Gasteiger partial charge in [-0.2, -0.15) is 0 Å². The summed E-state index contributed by atoms with van der Waals surface area (Å²) in [6.45, 7) is 9.37. The number of piperazine rings is 1. The predicted octanol–water partition coefficient (Wildman–Crippen LogP) is 2.12. The first-order valence-corrected chi connectivity index (χ1v) is 11.2. The smallest absolute Gasteiger partial charge is 0.341 e. The highest BCUT2D eigenvalue weighted by atomic mass is 16.5. The Morgan fingerprint density at radius 1 is 1.12 bits per heavy atom. The second kappa shape index (κ2) is 11.3. The molecule has 2 aliphatic rings. The van der Waals surface area contributed by atoms with Crippen molar-refractivity contribution in [2.45, 2.75) is 26.3 Å². The van der Waals surface area contributed by atoms with E-state index in [1.54, 1.807) is 20.1 Å². The number of carbonyl (C=O) groups excluding carboxylic acids is 2. The first kappa shape index (κ1) is 24.0. The molecule has 0 spiro atoms. The number of ether oxygens (including phenoxy) is 3. The molecule has 1 saturated heterocycles. The highest BCUT2D eigenvalue weighted by Gasteiger charge is 2.42. The third kappa shape index (κ3) is 5.39. The summed E-state index contributed by atoms with van der Waals surface area (Å²) in [6.07, 6.45) is 1.13. The minimum Gasteiger partial charge on any atom is -0.493 e. The lowest BCUT2D eigenvalue weighted by Crippen LogP contribution is -2.52. The van der Waals surface area contributed by atoms with Crippen LogP contribution in [-0.4, -0.2) is 87.6 Å². The average Bonchev–Trinajstić information content (AvgIpc) is 2.79. The quantitative estimate of drug-likeness (QED) is 0.581. The molecule has 2 amide bonds. The van der Waals surface area contributed by atoms with E-state index < -0.39 is 24.0 Å². The predicted molar refractivity (Wildman–Crippen MR) is 122 cm³/mol. The molecule has 2 heterocycles. The van der Waals surface area contributed by atoms with E-state index in [-0.39, 0.29) is 6.61 Å². The Kier molecular flexibility index (Phi) is 8.46. The van der Waals surface area contributed by atoms with Gasteiger partial charge in [-0.25, -0.2) is 9.79 Å². The molecule has 1 fully saturated rings. The fraction of sp³-hybridized carbons (Fsp3) is 0.609. The fourth-order valence-corrected chi connectivity index (χ4v) is 4.41. The molecule has 0 bridgehead atoms. The number of para-hydroxylation sites is 1. The monoisotopic (exact) mass is 446 g/mol. The average molecular weight is 447 g/mol. The van der Waals surface area contributed by atoms with Gasteiger partial charge in [0.05, 0.1) is 32.6 Å². The molecule has 0 radical (unpaired) electrons. The van der Waals surface area contributed by atoms with Crippen molar-refractivity contribution in [1.82, 2.24) is 15.1 Å². The van der Waals surface area contributed by atoms with Crippen molar-refractivity contribution in [3.63, 3.8) is 0 Å². The van der Waals surface area contributed by atoms with Gasteiger partial charge in [0.1, 0.15) is 5.92 Å². The molecule has 0 saturated carbocycles.